The third-order valence-corrected chi connectivity index (χ3v) is 2.92. The number of nitrogen functional groups attached to an aromatic ring is 1. The summed E-state index contributed by atoms with van der Waals surface area (Å²) in [6.45, 7) is 0.754. The van der Waals surface area contributed by atoms with E-state index in [2.05, 4.69) is 10.6 Å². The van der Waals surface area contributed by atoms with Crippen LogP contribution in [0.3, 0.4) is 0 Å². The van der Waals surface area contributed by atoms with Crippen molar-refractivity contribution in [2.75, 3.05) is 32.9 Å². The molecule has 1 aromatic heterocycles. The summed E-state index contributed by atoms with van der Waals surface area (Å²) in [6.07, 6.45) is 0. The van der Waals surface area contributed by atoms with Crippen LogP contribution in [0.5, 0.6) is 0 Å². The van der Waals surface area contributed by atoms with Gasteiger partial charge in [-0.15, -0.1) is 11.3 Å². The van der Waals surface area contributed by atoms with Crippen molar-refractivity contribution >= 4 is 29.0 Å². The number of amides is 3. The molecule has 4 N–H and O–H groups in total. The molecule has 0 spiro atoms. The molecule has 6 nitrogen and oxygen atoms in total. The van der Waals surface area contributed by atoms with Crippen molar-refractivity contribution in [2.24, 2.45) is 0 Å². The lowest BCUT2D eigenvalue weighted by Gasteiger charge is -2.12. The van der Waals surface area contributed by atoms with Crippen LogP contribution in [0, 0.1) is 0 Å². The molecule has 1 heterocycles. The Morgan fingerprint density at radius 3 is 2.53 bits per heavy atom. The van der Waals surface area contributed by atoms with Gasteiger partial charge in [0.2, 0.25) is 0 Å². The van der Waals surface area contributed by atoms with Gasteiger partial charge in [0.1, 0.15) is 4.88 Å². The second-order valence-electron chi connectivity index (χ2n) is 3.59. The first-order valence-electron chi connectivity index (χ1n) is 5.08. The molecule has 0 aliphatic rings. The van der Waals surface area contributed by atoms with Crippen molar-refractivity contribution in [1.82, 2.24) is 15.5 Å². The first kappa shape index (κ1) is 13.3. The Morgan fingerprint density at radius 2 is 2.00 bits per heavy atom. The minimum atomic E-state index is -0.211. The van der Waals surface area contributed by atoms with Gasteiger partial charge in [0.15, 0.2) is 0 Å². The number of carbonyl (C=O) groups excluding carboxylic acids is 2. The molecule has 0 saturated heterocycles. The number of hydrogen-bond donors (Lipinski definition) is 3. The van der Waals surface area contributed by atoms with Crippen LogP contribution in [-0.4, -0.2) is 44.0 Å². The highest BCUT2D eigenvalue weighted by Gasteiger charge is 2.10. The number of carbonyl (C=O) groups is 2. The monoisotopic (exact) mass is 256 g/mol. The first-order chi connectivity index (χ1) is 8.02. The van der Waals surface area contributed by atoms with Crippen molar-refractivity contribution < 1.29 is 9.59 Å². The quantitative estimate of drug-likeness (QED) is 0.678. The Hall–Kier alpha value is -1.76. The van der Waals surface area contributed by atoms with Gasteiger partial charge in [-0.25, -0.2) is 4.79 Å². The van der Waals surface area contributed by atoms with E-state index in [9.17, 15) is 9.59 Å². The van der Waals surface area contributed by atoms with Crippen LogP contribution in [0.15, 0.2) is 11.4 Å². The molecule has 7 heteroatoms. The van der Waals surface area contributed by atoms with Gasteiger partial charge in [0, 0.05) is 27.2 Å². The lowest BCUT2D eigenvalue weighted by atomic mass is 10.4. The smallest absolute Gasteiger partial charge is 0.316 e. The van der Waals surface area contributed by atoms with Gasteiger partial charge < -0.3 is 21.3 Å². The third kappa shape index (κ3) is 3.95. The van der Waals surface area contributed by atoms with Gasteiger partial charge in [-0.3, -0.25) is 4.79 Å². The summed E-state index contributed by atoms with van der Waals surface area (Å²) in [6, 6.07) is 1.50. The molecule has 0 fully saturated rings. The molecule has 0 bridgehead atoms. The van der Waals surface area contributed by atoms with Gasteiger partial charge in [0.05, 0.1) is 5.69 Å². The van der Waals surface area contributed by atoms with E-state index in [0.717, 1.165) is 0 Å². The number of rotatable bonds is 4. The summed E-state index contributed by atoms with van der Waals surface area (Å²) < 4.78 is 0. The Morgan fingerprint density at radius 1 is 1.35 bits per heavy atom. The van der Waals surface area contributed by atoms with E-state index in [1.807, 2.05) is 0 Å². The number of anilines is 1. The fourth-order valence-corrected chi connectivity index (χ4v) is 1.82. The lowest BCUT2D eigenvalue weighted by Crippen LogP contribution is -2.39. The van der Waals surface area contributed by atoms with E-state index in [-0.39, 0.29) is 11.9 Å². The summed E-state index contributed by atoms with van der Waals surface area (Å²) >= 11 is 1.29. The van der Waals surface area contributed by atoms with Crippen molar-refractivity contribution in [1.29, 1.82) is 0 Å². The number of nitrogens with two attached hydrogens (primary N) is 1. The number of urea groups is 1. The minimum absolute atomic E-state index is 0.185. The fourth-order valence-electron chi connectivity index (χ4n) is 1.09. The molecular formula is C10H16N4O2S. The molecule has 0 atom stereocenters. The van der Waals surface area contributed by atoms with Gasteiger partial charge in [0.25, 0.3) is 5.91 Å². The highest BCUT2D eigenvalue weighted by Crippen LogP contribution is 2.17. The van der Waals surface area contributed by atoms with E-state index in [1.54, 1.807) is 25.5 Å². The number of nitrogens with one attached hydrogen (secondary N) is 2. The maximum absolute atomic E-state index is 11.6. The molecule has 3 amide bonds. The summed E-state index contributed by atoms with van der Waals surface area (Å²) in [4.78, 5) is 24.7. The Balaban J connectivity index is 2.26. The number of hydrogen-bond acceptors (Lipinski definition) is 4. The zero-order valence-corrected chi connectivity index (χ0v) is 10.6. The predicted molar refractivity (Wildman–Crippen MR) is 68.2 cm³/mol. The van der Waals surface area contributed by atoms with Crippen LogP contribution < -0.4 is 16.4 Å². The zero-order valence-electron chi connectivity index (χ0n) is 9.82. The van der Waals surface area contributed by atoms with Gasteiger partial charge in [-0.05, 0) is 11.4 Å². The van der Waals surface area contributed by atoms with Gasteiger partial charge >= 0.3 is 6.03 Å². The molecule has 1 rings (SSSR count). The Labute approximate surface area is 104 Å². The second kappa shape index (κ2) is 6.09. The van der Waals surface area contributed by atoms with Crippen molar-refractivity contribution in [3.63, 3.8) is 0 Å². The van der Waals surface area contributed by atoms with Crippen LogP contribution in [0.2, 0.25) is 0 Å². The second-order valence-corrected chi connectivity index (χ2v) is 4.50. The maximum atomic E-state index is 11.6. The van der Waals surface area contributed by atoms with Crippen LogP contribution in [-0.2, 0) is 0 Å². The van der Waals surface area contributed by atoms with E-state index in [4.69, 9.17) is 5.73 Å². The molecule has 1 aromatic rings. The zero-order chi connectivity index (χ0) is 12.8. The predicted octanol–water partition coefficient (Wildman–Crippen LogP) is 0.331. The lowest BCUT2D eigenvalue weighted by molar-refractivity contribution is 0.0958. The molecule has 94 valence electrons. The summed E-state index contributed by atoms with van der Waals surface area (Å²) in [5.74, 6) is -0.211. The molecule has 0 unspecified atom stereocenters. The number of thiophene rings is 1. The van der Waals surface area contributed by atoms with Crippen LogP contribution in [0.25, 0.3) is 0 Å². The maximum Gasteiger partial charge on any atom is 0.316 e. The van der Waals surface area contributed by atoms with Crippen LogP contribution in [0.4, 0.5) is 10.5 Å². The van der Waals surface area contributed by atoms with E-state index in [0.29, 0.717) is 23.7 Å². The van der Waals surface area contributed by atoms with Gasteiger partial charge in [-0.2, -0.15) is 0 Å². The average molecular weight is 256 g/mol. The largest absolute Gasteiger partial charge is 0.397 e. The van der Waals surface area contributed by atoms with Crippen molar-refractivity contribution in [3.05, 3.63) is 16.3 Å². The summed E-state index contributed by atoms with van der Waals surface area (Å²) in [5, 5.41) is 7.08. The molecule has 17 heavy (non-hydrogen) atoms. The standard InChI is InChI=1S/C10H16N4O2S/c1-14(2)10(16)13-5-4-12-9(15)8-7(11)3-6-17-8/h3,6H,4-5,11H2,1-2H3,(H,12,15)(H,13,16). The summed E-state index contributed by atoms with van der Waals surface area (Å²) in [5.41, 5.74) is 6.08. The third-order valence-electron chi connectivity index (χ3n) is 1.99. The topological polar surface area (TPSA) is 87.5 Å². The van der Waals surface area contributed by atoms with Crippen molar-refractivity contribution in [2.45, 2.75) is 0 Å². The highest BCUT2D eigenvalue weighted by molar-refractivity contribution is 7.12. The van der Waals surface area contributed by atoms with Crippen LogP contribution in [0.1, 0.15) is 9.67 Å². The molecule has 0 saturated carbocycles. The molecule has 0 radical (unpaired) electrons. The summed E-state index contributed by atoms with van der Waals surface area (Å²) in [7, 11) is 3.31. The van der Waals surface area contributed by atoms with E-state index >= 15 is 0 Å². The fraction of sp³-hybridized carbons (Fsp3) is 0.400. The Kier molecular flexibility index (Phi) is 4.77. The Bertz CT molecular complexity index is 403. The van der Waals surface area contributed by atoms with Crippen LogP contribution >= 0.6 is 11.3 Å². The number of nitrogens with zero attached hydrogens (tertiary/aromatic N) is 1. The molecule has 0 aliphatic heterocycles. The molecule has 0 aromatic carbocycles. The minimum Gasteiger partial charge on any atom is -0.397 e. The highest BCUT2D eigenvalue weighted by atomic mass is 32.1. The average Bonchev–Trinajstić information content (AvgIpc) is 2.70. The van der Waals surface area contributed by atoms with Crippen molar-refractivity contribution in [3.8, 4) is 0 Å². The van der Waals surface area contributed by atoms with E-state index < -0.39 is 0 Å². The molecular weight excluding hydrogens is 240 g/mol. The SMILES string of the molecule is CN(C)C(=O)NCCNC(=O)c1sccc1N. The first-order valence-corrected chi connectivity index (χ1v) is 5.96. The van der Waals surface area contributed by atoms with Gasteiger partial charge in [-0.1, -0.05) is 0 Å². The van der Waals surface area contributed by atoms with E-state index in [1.165, 1.54) is 16.2 Å². The molecule has 0 aliphatic carbocycles. The normalized spacial score (nSPS) is 9.76.